The highest BCUT2D eigenvalue weighted by atomic mass is 16.5. The molecule has 0 bridgehead atoms. The first-order valence-electron chi connectivity index (χ1n) is 7.58. The summed E-state index contributed by atoms with van der Waals surface area (Å²) in [6.45, 7) is 7.06. The minimum atomic E-state index is 0.470. The standard InChI is InChI=1S/C18H24N2O/c1-4-13(2)16-7-5-6-8-17(16)21-18-14(3)11-15(9-10-19)12-20-18/h5-8,11-13H,4,9-10,19H2,1-3H3. The van der Waals surface area contributed by atoms with Crippen LogP contribution in [-0.4, -0.2) is 11.5 Å². The van der Waals surface area contributed by atoms with Crippen LogP contribution in [0.5, 0.6) is 11.6 Å². The normalized spacial score (nSPS) is 12.2. The van der Waals surface area contributed by atoms with Gasteiger partial charge in [0.15, 0.2) is 0 Å². The van der Waals surface area contributed by atoms with E-state index in [1.807, 2.05) is 25.3 Å². The predicted octanol–water partition coefficient (Wildman–Crippen LogP) is 4.20. The molecule has 1 aromatic carbocycles. The van der Waals surface area contributed by atoms with E-state index in [1.165, 1.54) is 5.56 Å². The van der Waals surface area contributed by atoms with E-state index in [4.69, 9.17) is 10.5 Å². The third-order valence-corrected chi connectivity index (χ3v) is 3.79. The van der Waals surface area contributed by atoms with E-state index < -0.39 is 0 Å². The molecule has 1 unspecified atom stereocenters. The molecule has 0 aliphatic rings. The van der Waals surface area contributed by atoms with Crippen molar-refractivity contribution in [2.75, 3.05) is 6.54 Å². The second-order valence-corrected chi connectivity index (χ2v) is 5.45. The monoisotopic (exact) mass is 284 g/mol. The lowest BCUT2D eigenvalue weighted by molar-refractivity contribution is 0.448. The van der Waals surface area contributed by atoms with E-state index in [0.29, 0.717) is 18.3 Å². The number of rotatable bonds is 6. The number of ether oxygens (including phenoxy) is 1. The second-order valence-electron chi connectivity index (χ2n) is 5.45. The average Bonchev–Trinajstić information content (AvgIpc) is 2.50. The van der Waals surface area contributed by atoms with E-state index >= 15 is 0 Å². The minimum Gasteiger partial charge on any atom is -0.438 e. The fourth-order valence-corrected chi connectivity index (χ4v) is 2.34. The zero-order chi connectivity index (χ0) is 15.2. The molecule has 0 fully saturated rings. The van der Waals surface area contributed by atoms with Crippen LogP contribution in [0.3, 0.4) is 0 Å². The largest absolute Gasteiger partial charge is 0.438 e. The molecule has 0 aliphatic carbocycles. The topological polar surface area (TPSA) is 48.1 Å². The lowest BCUT2D eigenvalue weighted by atomic mass is 9.98. The lowest BCUT2D eigenvalue weighted by Gasteiger charge is -2.16. The van der Waals surface area contributed by atoms with Crippen LogP contribution in [-0.2, 0) is 6.42 Å². The molecule has 1 atom stereocenters. The van der Waals surface area contributed by atoms with E-state index in [0.717, 1.165) is 29.7 Å². The maximum Gasteiger partial charge on any atom is 0.222 e. The molecular formula is C18H24N2O. The van der Waals surface area contributed by atoms with Gasteiger partial charge in [-0.2, -0.15) is 0 Å². The number of aromatic nitrogens is 1. The number of aryl methyl sites for hydroxylation is 1. The van der Waals surface area contributed by atoms with Gasteiger partial charge < -0.3 is 10.5 Å². The van der Waals surface area contributed by atoms with Gasteiger partial charge in [-0.05, 0) is 55.5 Å². The van der Waals surface area contributed by atoms with Crippen molar-refractivity contribution in [2.45, 2.75) is 39.5 Å². The fourth-order valence-electron chi connectivity index (χ4n) is 2.34. The Labute approximate surface area is 127 Å². The molecule has 1 heterocycles. The van der Waals surface area contributed by atoms with Crippen molar-refractivity contribution in [3.63, 3.8) is 0 Å². The Morgan fingerprint density at radius 2 is 2.05 bits per heavy atom. The van der Waals surface area contributed by atoms with Crippen LogP contribution < -0.4 is 10.5 Å². The smallest absolute Gasteiger partial charge is 0.222 e. The van der Waals surface area contributed by atoms with Gasteiger partial charge >= 0.3 is 0 Å². The molecule has 3 heteroatoms. The van der Waals surface area contributed by atoms with Crippen molar-refractivity contribution in [2.24, 2.45) is 5.73 Å². The van der Waals surface area contributed by atoms with Gasteiger partial charge in [-0.25, -0.2) is 4.98 Å². The Kier molecular flexibility index (Phi) is 5.34. The van der Waals surface area contributed by atoms with Crippen molar-refractivity contribution >= 4 is 0 Å². The summed E-state index contributed by atoms with van der Waals surface area (Å²) in [5.41, 5.74) is 9.00. The SMILES string of the molecule is CCC(C)c1ccccc1Oc1ncc(CCN)cc1C. The highest BCUT2D eigenvalue weighted by molar-refractivity contribution is 5.40. The number of nitrogens with two attached hydrogens (primary N) is 1. The molecular weight excluding hydrogens is 260 g/mol. The maximum atomic E-state index is 6.05. The van der Waals surface area contributed by atoms with Gasteiger partial charge in [-0.15, -0.1) is 0 Å². The Bertz CT molecular complexity index is 596. The minimum absolute atomic E-state index is 0.470. The van der Waals surface area contributed by atoms with Gasteiger partial charge in [0, 0.05) is 11.8 Å². The Hall–Kier alpha value is -1.87. The van der Waals surface area contributed by atoms with Gasteiger partial charge in [0.25, 0.3) is 0 Å². The van der Waals surface area contributed by atoms with Gasteiger partial charge in [-0.3, -0.25) is 0 Å². The van der Waals surface area contributed by atoms with E-state index in [2.05, 4.69) is 37.0 Å². The Morgan fingerprint density at radius 1 is 1.29 bits per heavy atom. The van der Waals surface area contributed by atoms with Crippen molar-refractivity contribution in [1.29, 1.82) is 0 Å². The van der Waals surface area contributed by atoms with Crippen molar-refractivity contribution in [3.05, 3.63) is 53.2 Å². The molecule has 0 saturated heterocycles. The number of pyridine rings is 1. The van der Waals surface area contributed by atoms with Crippen LogP contribution in [0.15, 0.2) is 36.5 Å². The second kappa shape index (κ2) is 7.23. The molecule has 1 aromatic heterocycles. The number of benzene rings is 1. The quantitative estimate of drug-likeness (QED) is 0.865. The zero-order valence-electron chi connectivity index (χ0n) is 13.1. The van der Waals surface area contributed by atoms with E-state index in [9.17, 15) is 0 Å². The average molecular weight is 284 g/mol. The summed E-state index contributed by atoms with van der Waals surface area (Å²) in [6, 6.07) is 10.3. The first-order chi connectivity index (χ1) is 10.2. The summed E-state index contributed by atoms with van der Waals surface area (Å²) in [5, 5.41) is 0. The summed E-state index contributed by atoms with van der Waals surface area (Å²) < 4.78 is 6.05. The van der Waals surface area contributed by atoms with Crippen molar-refractivity contribution in [1.82, 2.24) is 4.98 Å². The molecule has 2 N–H and O–H groups in total. The molecule has 0 spiro atoms. The van der Waals surface area contributed by atoms with Gasteiger partial charge in [-0.1, -0.05) is 32.0 Å². The summed E-state index contributed by atoms with van der Waals surface area (Å²) in [7, 11) is 0. The fraction of sp³-hybridized carbons (Fsp3) is 0.389. The Morgan fingerprint density at radius 3 is 2.71 bits per heavy atom. The van der Waals surface area contributed by atoms with Crippen LogP contribution >= 0.6 is 0 Å². The molecule has 2 aromatic rings. The molecule has 21 heavy (non-hydrogen) atoms. The first-order valence-corrected chi connectivity index (χ1v) is 7.58. The van der Waals surface area contributed by atoms with Gasteiger partial charge in [0.05, 0.1) is 0 Å². The van der Waals surface area contributed by atoms with Gasteiger partial charge in [0.1, 0.15) is 5.75 Å². The lowest BCUT2D eigenvalue weighted by Crippen LogP contribution is -2.04. The number of hydrogen-bond acceptors (Lipinski definition) is 3. The summed E-state index contributed by atoms with van der Waals surface area (Å²) >= 11 is 0. The van der Waals surface area contributed by atoms with Gasteiger partial charge in [0.2, 0.25) is 5.88 Å². The molecule has 112 valence electrons. The molecule has 2 rings (SSSR count). The molecule has 0 aliphatic heterocycles. The van der Waals surface area contributed by atoms with Crippen molar-refractivity contribution in [3.8, 4) is 11.6 Å². The van der Waals surface area contributed by atoms with Crippen LogP contribution in [0.4, 0.5) is 0 Å². The third kappa shape index (κ3) is 3.82. The summed E-state index contributed by atoms with van der Waals surface area (Å²) in [6.07, 6.45) is 3.78. The van der Waals surface area contributed by atoms with Crippen LogP contribution in [0, 0.1) is 6.92 Å². The zero-order valence-corrected chi connectivity index (χ0v) is 13.1. The number of hydrogen-bond donors (Lipinski definition) is 1. The van der Waals surface area contributed by atoms with Crippen molar-refractivity contribution < 1.29 is 4.74 Å². The van der Waals surface area contributed by atoms with Crippen LogP contribution in [0.2, 0.25) is 0 Å². The summed E-state index contributed by atoms with van der Waals surface area (Å²) in [4.78, 5) is 4.44. The molecule has 0 amide bonds. The first kappa shape index (κ1) is 15.5. The molecule has 0 saturated carbocycles. The summed E-state index contributed by atoms with van der Waals surface area (Å²) in [5.74, 6) is 2.04. The van der Waals surface area contributed by atoms with E-state index in [-0.39, 0.29) is 0 Å². The van der Waals surface area contributed by atoms with E-state index in [1.54, 1.807) is 0 Å². The number of para-hydroxylation sites is 1. The molecule has 0 radical (unpaired) electrons. The predicted molar refractivity (Wildman–Crippen MR) is 87.0 cm³/mol. The third-order valence-electron chi connectivity index (χ3n) is 3.79. The number of nitrogens with zero attached hydrogens (tertiary/aromatic N) is 1. The van der Waals surface area contributed by atoms with Crippen LogP contribution in [0.1, 0.15) is 42.9 Å². The highest BCUT2D eigenvalue weighted by Gasteiger charge is 2.12. The molecule has 3 nitrogen and oxygen atoms in total. The highest BCUT2D eigenvalue weighted by Crippen LogP contribution is 2.32. The maximum absolute atomic E-state index is 6.05. The Balaban J connectivity index is 2.26. The van der Waals surface area contributed by atoms with Crippen LogP contribution in [0.25, 0.3) is 0 Å².